The van der Waals surface area contributed by atoms with Crippen molar-refractivity contribution in [2.45, 2.75) is 37.3 Å². The van der Waals surface area contributed by atoms with Crippen molar-refractivity contribution in [3.63, 3.8) is 0 Å². The molecule has 1 fully saturated rings. The van der Waals surface area contributed by atoms with Gasteiger partial charge in [-0.3, -0.25) is 0 Å². The topological polar surface area (TPSA) is 60.2 Å². The highest BCUT2D eigenvalue weighted by molar-refractivity contribution is 5.56. The van der Waals surface area contributed by atoms with Gasteiger partial charge in [-0.25, -0.2) is 0 Å². The molecule has 0 saturated heterocycles. The minimum Gasteiger partial charge on any atom is -0.373 e. The minimum absolute atomic E-state index is 0.0719. The Morgan fingerprint density at radius 1 is 1.35 bits per heavy atom. The summed E-state index contributed by atoms with van der Waals surface area (Å²) >= 11 is 0. The number of para-hydroxylation sites is 1. The van der Waals surface area contributed by atoms with Crippen LogP contribution in [0.4, 0.5) is 5.69 Å². The van der Waals surface area contributed by atoms with Crippen LogP contribution in [0.3, 0.4) is 0 Å². The zero-order valence-corrected chi connectivity index (χ0v) is 11.4. The van der Waals surface area contributed by atoms with Crippen molar-refractivity contribution >= 4 is 5.69 Å². The zero-order chi connectivity index (χ0) is 13.6. The number of nitrogens with one attached hydrogen (secondary N) is 1. The van der Waals surface area contributed by atoms with E-state index in [9.17, 15) is 0 Å². The average molecular weight is 271 g/mol. The highest BCUT2D eigenvalue weighted by atomic mass is 16.5. The number of anilines is 1. The number of hydrogen-bond acceptors (Lipinski definition) is 5. The van der Waals surface area contributed by atoms with Crippen LogP contribution in [0.1, 0.15) is 42.6 Å². The molecule has 5 nitrogen and oxygen atoms in total. The molecule has 1 saturated carbocycles. The molecule has 0 amide bonds. The third kappa shape index (κ3) is 1.66. The highest BCUT2D eigenvalue weighted by Crippen LogP contribution is 2.43. The van der Waals surface area contributed by atoms with Crippen LogP contribution in [-0.4, -0.2) is 17.3 Å². The average Bonchev–Trinajstić information content (AvgIpc) is 3.04. The monoisotopic (exact) mass is 271 g/mol. The van der Waals surface area contributed by atoms with Gasteiger partial charge in [0.25, 0.3) is 0 Å². The molecule has 2 aliphatic rings. The van der Waals surface area contributed by atoms with Crippen molar-refractivity contribution in [3.8, 4) is 0 Å². The maximum atomic E-state index is 5.59. The number of methoxy groups -OCH3 is 1. The fourth-order valence-electron chi connectivity index (χ4n) is 3.03. The number of ether oxygens (including phenoxy) is 1. The van der Waals surface area contributed by atoms with Crippen molar-refractivity contribution in [1.29, 1.82) is 0 Å². The SMILES string of the molecule is COC1(c2noc(C3Cc4ccccc4N3)n2)CCC1. The zero-order valence-electron chi connectivity index (χ0n) is 11.4. The van der Waals surface area contributed by atoms with E-state index in [0.717, 1.165) is 31.4 Å². The van der Waals surface area contributed by atoms with Crippen molar-refractivity contribution in [3.05, 3.63) is 41.5 Å². The molecule has 1 aliphatic heterocycles. The summed E-state index contributed by atoms with van der Waals surface area (Å²) in [6, 6.07) is 8.36. The number of benzene rings is 1. The normalized spacial score (nSPS) is 22.9. The van der Waals surface area contributed by atoms with Crippen LogP contribution in [0.15, 0.2) is 28.8 Å². The second-order valence-corrected chi connectivity index (χ2v) is 5.57. The molecule has 0 radical (unpaired) electrons. The van der Waals surface area contributed by atoms with Crippen molar-refractivity contribution < 1.29 is 9.26 Å². The van der Waals surface area contributed by atoms with Gasteiger partial charge in [-0.05, 0) is 30.9 Å². The van der Waals surface area contributed by atoms with Gasteiger partial charge in [-0.15, -0.1) is 0 Å². The molecule has 1 aliphatic carbocycles. The molecule has 1 unspecified atom stereocenters. The van der Waals surface area contributed by atoms with E-state index in [1.165, 1.54) is 5.56 Å². The molecule has 2 heterocycles. The lowest BCUT2D eigenvalue weighted by atomic mass is 9.79. The third-order valence-electron chi connectivity index (χ3n) is 4.47. The molecule has 1 aromatic carbocycles. The van der Waals surface area contributed by atoms with Gasteiger partial charge in [0.15, 0.2) is 0 Å². The van der Waals surface area contributed by atoms with Gasteiger partial charge < -0.3 is 14.6 Å². The second-order valence-electron chi connectivity index (χ2n) is 5.57. The summed E-state index contributed by atoms with van der Waals surface area (Å²) in [5.41, 5.74) is 2.14. The quantitative estimate of drug-likeness (QED) is 0.930. The van der Waals surface area contributed by atoms with Crippen LogP contribution in [-0.2, 0) is 16.8 Å². The van der Waals surface area contributed by atoms with Gasteiger partial charge in [-0.1, -0.05) is 23.4 Å². The highest BCUT2D eigenvalue weighted by Gasteiger charge is 2.43. The first-order chi connectivity index (χ1) is 9.81. The first-order valence-corrected chi connectivity index (χ1v) is 7.04. The number of nitrogens with zero attached hydrogens (tertiary/aromatic N) is 2. The summed E-state index contributed by atoms with van der Waals surface area (Å²) in [5, 5.41) is 7.57. The van der Waals surface area contributed by atoms with E-state index in [0.29, 0.717) is 11.7 Å². The van der Waals surface area contributed by atoms with Gasteiger partial charge in [0, 0.05) is 19.2 Å². The van der Waals surface area contributed by atoms with Gasteiger partial charge >= 0.3 is 0 Å². The lowest BCUT2D eigenvalue weighted by Gasteiger charge is -2.37. The molecule has 104 valence electrons. The first-order valence-electron chi connectivity index (χ1n) is 7.04. The summed E-state index contributed by atoms with van der Waals surface area (Å²) in [6.45, 7) is 0. The summed E-state index contributed by atoms with van der Waals surface area (Å²) in [6.07, 6.45) is 3.99. The van der Waals surface area contributed by atoms with Crippen molar-refractivity contribution in [2.24, 2.45) is 0 Å². The maximum Gasteiger partial charge on any atom is 0.249 e. The molecule has 0 bridgehead atoms. The summed E-state index contributed by atoms with van der Waals surface area (Å²) in [5.74, 6) is 1.35. The Balaban J connectivity index is 1.58. The van der Waals surface area contributed by atoms with Crippen molar-refractivity contribution in [1.82, 2.24) is 10.1 Å². The van der Waals surface area contributed by atoms with Crippen LogP contribution in [0.5, 0.6) is 0 Å². The molecule has 1 aromatic heterocycles. The molecule has 1 atom stereocenters. The Kier molecular flexibility index (Phi) is 2.57. The molecule has 1 N–H and O–H groups in total. The molecule has 4 rings (SSSR count). The number of rotatable bonds is 3. The van der Waals surface area contributed by atoms with Gasteiger partial charge in [0.2, 0.25) is 11.7 Å². The Morgan fingerprint density at radius 3 is 2.90 bits per heavy atom. The largest absolute Gasteiger partial charge is 0.373 e. The third-order valence-corrected chi connectivity index (χ3v) is 4.47. The molecule has 2 aromatic rings. The maximum absolute atomic E-state index is 5.59. The summed E-state index contributed by atoms with van der Waals surface area (Å²) < 4.78 is 11.1. The molecule has 0 spiro atoms. The van der Waals surface area contributed by atoms with Crippen LogP contribution in [0.2, 0.25) is 0 Å². The Bertz CT molecular complexity index is 603. The lowest BCUT2D eigenvalue weighted by molar-refractivity contribution is -0.0858. The van der Waals surface area contributed by atoms with Crippen molar-refractivity contribution in [2.75, 3.05) is 12.4 Å². The van der Waals surface area contributed by atoms with E-state index in [4.69, 9.17) is 9.26 Å². The van der Waals surface area contributed by atoms with Crippen LogP contribution < -0.4 is 5.32 Å². The van der Waals surface area contributed by atoms with E-state index in [-0.39, 0.29) is 11.6 Å². The number of hydrogen-bond donors (Lipinski definition) is 1. The minimum atomic E-state index is -0.312. The van der Waals surface area contributed by atoms with E-state index >= 15 is 0 Å². The standard InChI is InChI=1S/C15H17N3O2/c1-19-15(7-4-8-15)14-17-13(20-18-14)12-9-10-5-2-3-6-11(10)16-12/h2-3,5-6,12,16H,4,7-9H2,1H3. The fourth-order valence-corrected chi connectivity index (χ4v) is 3.03. The smallest absolute Gasteiger partial charge is 0.249 e. The predicted molar refractivity (Wildman–Crippen MR) is 73.3 cm³/mol. The van der Waals surface area contributed by atoms with Gasteiger partial charge in [0.1, 0.15) is 11.6 Å². The van der Waals surface area contributed by atoms with E-state index < -0.39 is 0 Å². The van der Waals surface area contributed by atoms with Gasteiger partial charge in [-0.2, -0.15) is 4.98 Å². The fraction of sp³-hybridized carbons (Fsp3) is 0.467. The van der Waals surface area contributed by atoms with E-state index in [1.54, 1.807) is 7.11 Å². The van der Waals surface area contributed by atoms with Crippen LogP contribution >= 0.6 is 0 Å². The molecular weight excluding hydrogens is 254 g/mol. The summed E-state index contributed by atoms with van der Waals surface area (Å²) in [7, 11) is 1.72. The van der Waals surface area contributed by atoms with Gasteiger partial charge in [0.05, 0.1) is 0 Å². The summed E-state index contributed by atoms with van der Waals surface area (Å²) in [4.78, 5) is 4.58. The van der Waals surface area contributed by atoms with E-state index in [1.807, 2.05) is 6.07 Å². The predicted octanol–water partition coefficient (Wildman–Crippen LogP) is 2.80. The number of aromatic nitrogens is 2. The molecular formula is C15H17N3O2. The Morgan fingerprint density at radius 2 is 2.20 bits per heavy atom. The van der Waals surface area contributed by atoms with Crippen LogP contribution in [0, 0.1) is 0 Å². The number of fused-ring (bicyclic) bond motifs is 1. The first kappa shape index (κ1) is 11.9. The lowest BCUT2D eigenvalue weighted by Crippen LogP contribution is -2.37. The van der Waals surface area contributed by atoms with E-state index in [2.05, 4.69) is 33.7 Å². The molecule has 5 heteroatoms. The second kappa shape index (κ2) is 4.31. The Labute approximate surface area is 117 Å². The van der Waals surface area contributed by atoms with Crippen LogP contribution in [0.25, 0.3) is 0 Å². The molecule has 20 heavy (non-hydrogen) atoms. The Hall–Kier alpha value is -1.88.